The van der Waals surface area contributed by atoms with Gasteiger partial charge < -0.3 is 19.9 Å². The predicted molar refractivity (Wildman–Crippen MR) is 91.6 cm³/mol. The minimum absolute atomic E-state index is 0.338. The molecule has 2 N–H and O–H groups in total. The van der Waals surface area contributed by atoms with E-state index < -0.39 is 0 Å². The summed E-state index contributed by atoms with van der Waals surface area (Å²) in [5.74, 6) is 1.24. The molecule has 0 fully saturated rings. The number of ether oxygens (including phenoxy) is 3. The summed E-state index contributed by atoms with van der Waals surface area (Å²) < 4.78 is 15.6. The SMILES string of the molecule is CCOC(=O)c1cc(CCc2cc(OC)ccc2OC)sc1N. The number of aryl methyl sites for hydroxylation is 2. The molecule has 2 aromatic rings. The van der Waals surface area contributed by atoms with Gasteiger partial charge in [0.25, 0.3) is 0 Å². The number of hydrogen-bond acceptors (Lipinski definition) is 6. The third-order valence-corrected chi connectivity index (χ3v) is 4.46. The Kier molecular flexibility index (Phi) is 5.87. The standard InChI is InChI=1S/C17H21NO4S/c1-4-22-17(19)14-10-13(23-16(14)18)7-5-11-9-12(20-2)6-8-15(11)21-3/h6,8-10H,4-5,7,18H2,1-3H3. The Morgan fingerprint density at radius 1 is 1.17 bits per heavy atom. The molecule has 1 heterocycles. The van der Waals surface area contributed by atoms with Gasteiger partial charge in [-0.05, 0) is 49.6 Å². The minimum atomic E-state index is -0.369. The zero-order valence-corrected chi connectivity index (χ0v) is 14.4. The first kappa shape index (κ1) is 17.1. The van der Waals surface area contributed by atoms with Crippen molar-refractivity contribution in [3.63, 3.8) is 0 Å². The summed E-state index contributed by atoms with van der Waals surface area (Å²) in [5, 5.41) is 0.496. The summed E-state index contributed by atoms with van der Waals surface area (Å²) in [7, 11) is 3.28. The van der Waals surface area contributed by atoms with Crippen molar-refractivity contribution in [3.05, 3.63) is 40.3 Å². The number of methoxy groups -OCH3 is 2. The molecule has 0 aliphatic heterocycles. The van der Waals surface area contributed by atoms with Crippen molar-refractivity contribution in [3.8, 4) is 11.5 Å². The molecule has 0 saturated carbocycles. The molecule has 0 saturated heterocycles. The third-order valence-electron chi connectivity index (χ3n) is 3.44. The maximum absolute atomic E-state index is 11.8. The van der Waals surface area contributed by atoms with E-state index in [1.165, 1.54) is 11.3 Å². The van der Waals surface area contributed by atoms with Crippen LogP contribution in [0.1, 0.15) is 27.7 Å². The summed E-state index contributed by atoms with van der Waals surface area (Å²) in [4.78, 5) is 12.8. The van der Waals surface area contributed by atoms with Crippen LogP contribution in [0.25, 0.3) is 0 Å². The van der Waals surface area contributed by atoms with Gasteiger partial charge in [-0.1, -0.05) is 0 Å². The Labute approximate surface area is 140 Å². The van der Waals surface area contributed by atoms with Crippen molar-refractivity contribution in [1.29, 1.82) is 0 Å². The Morgan fingerprint density at radius 2 is 1.96 bits per heavy atom. The molecular formula is C17H21NO4S. The molecule has 0 unspecified atom stereocenters. The van der Waals surface area contributed by atoms with Gasteiger partial charge in [-0.15, -0.1) is 11.3 Å². The van der Waals surface area contributed by atoms with Crippen LogP contribution in [-0.2, 0) is 17.6 Å². The summed E-state index contributed by atoms with van der Waals surface area (Å²) >= 11 is 1.42. The fourth-order valence-corrected chi connectivity index (χ4v) is 3.20. The maximum atomic E-state index is 11.8. The van der Waals surface area contributed by atoms with E-state index in [0.717, 1.165) is 34.8 Å². The highest BCUT2D eigenvalue weighted by Gasteiger charge is 2.15. The van der Waals surface area contributed by atoms with Crippen molar-refractivity contribution < 1.29 is 19.0 Å². The van der Waals surface area contributed by atoms with Crippen molar-refractivity contribution in [2.75, 3.05) is 26.6 Å². The number of anilines is 1. The molecule has 0 atom stereocenters. The Bertz CT molecular complexity index is 681. The van der Waals surface area contributed by atoms with Crippen molar-refractivity contribution in [1.82, 2.24) is 0 Å². The van der Waals surface area contributed by atoms with Crippen LogP contribution in [0.15, 0.2) is 24.3 Å². The Balaban J connectivity index is 2.12. The monoisotopic (exact) mass is 335 g/mol. The van der Waals surface area contributed by atoms with Crippen LogP contribution >= 0.6 is 11.3 Å². The molecule has 0 spiro atoms. The molecule has 0 aliphatic rings. The zero-order valence-electron chi connectivity index (χ0n) is 13.5. The molecule has 0 amide bonds. The second kappa shape index (κ2) is 7.87. The fourth-order valence-electron chi connectivity index (χ4n) is 2.28. The van der Waals surface area contributed by atoms with Crippen LogP contribution in [0.4, 0.5) is 5.00 Å². The van der Waals surface area contributed by atoms with Crippen molar-refractivity contribution in [2.45, 2.75) is 19.8 Å². The highest BCUT2D eigenvalue weighted by atomic mass is 32.1. The number of thiophene rings is 1. The van der Waals surface area contributed by atoms with Crippen molar-refractivity contribution in [2.24, 2.45) is 0 Å². The average Bonchev–Trinajstić information content (AvgIpc) is 2.93. The average molecular weight is 335 g/mol. The molecular weight excluding hydrogens is 314 g/mol. The number of rotatable bonds is 7. The summed E-state index contributed by atoms with van der Waals surface area (Å²) in [5.41, 5.74) is 7.42. The van der Waals surface area contributed by atoms with Gasteiger partial charge >= 0.3 is 5.97 Å². The number of hydrogen-bond donors (Lipinski definition) is 1. The second-order valence-electron chi connectivity index (χ2n) is 4.89. The number of carbonyl (C=O) groups excluding carboxylic acids is 1. The van der Waals surface area contributed by atoms with E-state index in [0.29, 0.717) is 17.2 Å². The number of esters is 1. The first-order valence-corrected chi connectivity index (χ1v) is 8.16. The summed E-state index contributed by atoms with van der Waals surface area (Å²) in [6.07, 6.45) is 1.53. The highest BCUT2D eigenvalue weighted by Crippen LogP contribution is 2.29. The van der Waals surface area contributed by atoms with Crippen LogP contribution in [-0.4, -0.2) is 26.8 Å². The van der Waals surface area contributed by atoms with Gasteiger partial charge in [-0.3, -0.25) is 0 Å². The van der Waals surface area contributed by atoms with E-state index in [9.17, 15) is 4.79 Å². The molecule has 23 heavy (non-hydrogen) atoms. The smallest absolute Gasteiger partial charge is 0.341 e. The lowest BCUT2D eigenvalue weighted by Crippen LogP contribution is -2.05. The zero-order chi connectivity index (χ0) is 16.8. The molecule has 5 nitrogen and oxygen atoms in total. The lowest BCUT2D eigenvalue weighted by Gasteiger charge is -2.09. The quantitative estimate of drug-likeness (QED) is 0.786. The summed E-state index contributed by atoms with van der Waals surface area (Å²) in [6.45, 7) is 2.11. The van der Waals surface area contributed by atoms with E-state index in [-0.39, 0.29) is 5.97 Å². The van der Waals surface area contributed by atoms with E-state index >= 15 is 0 Å². The van der Waals surface area contributed by atoms with Gasteiger partial charge in [0, 0.05) is 4.88 Å². The molecule has 0 aliphatic carbocycles. The van der Waals surface area contributed by atoms with Gasteiger partial charge in [-0.2, -0.15) is 0 Å². The lowest BCUT2D eigenvalue weighted by molar-refractivity contribution is 0.0528. The Morgan fingerprint density at radius 3 is 2.61 bits per heavy atom. The highest BCUT2D eigenvalue weighted by molar-refractivity contribution is 7.16. The van der Waals surface area contributed by atoms with Gasteiger partial charge in [0.05, 0.1) is 26.4 Å². The number of nitrogen functional groups attached to an aromatic ring is 1. The molecule has 0 radical (unpaired) electrons. The minimum Gasteiger partial charge on any atom is -0.497 e. The van der Waals surface area contributed by atoms with E-state index in [1.807, 2.05) is 24.3 Å². The molecule has 124 valence electrons. The van der Waals surface area contributed by atoms with Gasteiger partial charge in [0.2, 0.25) is 0 Å². The Hall–Kier alpha value is -2.21. The van der Waals surface area contributed by atoms with Gasteiger partial charge in [-0.25, -0.2) is 4.79 Å². The maximum Gasteiger partial charge on any atom is 0.341 e. The van der Waals surface area contributed by atoms with Crippen LogP contribution in [0.2, 0.25) is 0 Å². The van der Waals surface area contributed by atoms with E-state index in [2.05, 4.69) is 0 Å². The second-order valence-corrected chi connectivity index (χ2v) is 6.06. The number of carbonyl (C=O) groups is 1. The van der Waals surface area contributed by atoms with E-state index in [4.69, 9.17) is 19.9 Å². The van der Waals surface area contributed by atoms with Crippen LogP contribution in [0, 0.1) is 0 Å². The molecule has 1 aromatic heterocycles. The number of nitrogens with two attached hydrogens (primary N) is 1. The third kappa shape index (κ3) is 4.16. The predicted octanol–water partition coefficient (Wildman–Crippen LogP) is 3.31. The lowest BCUT2D eigenvalue weighted by atomic mass is 10.1. The van der Waals surface area contributed by atoms with Gasteiger partial charge in [0.1, 0.15) is 16.5 Å². The van der Waals surface area contributed by atoms with Crippen LogP contribution < -0.4 is 15.2 Å². The van der Waals surface area contributed by atoms with Crippen LogP contribution in [0.3, 0.4) is 0 Å². The van der Waals surface area contributed by atoms with Crippen molar-refractivity contribution >= 4 is 22.3 Å². The normalized spacial score (nSPS) is 10.4. The summed E-state index contributed by atoms with van der Waals surface area (Å²) in [6, 6.07) is 7.53. The van der Waals surface area contributed by atoms with E-state index in [1.54, 1.807) is 21.1 Å². The topological polar surface area (TPSA) is 70.8 Å². The van der Waals surface area contributed by atoms with Gasteiger partial charge in [0.15, 0.2) is 0 Å². The first-order valence-electron chi connectivity index (χ1n) is 7.35. The largest absolute Gasteiger partial charge is 0.497 e. The molecule has 0 bridgehead atoms. The first-order chi connectivity index (χ1) is 11.1. The fraction of sp³-hybridized carbons (Fsp3) is 0.353. The van der Waals surface area contributed by atoms with Crippen LogP contribution in [0.5, 0.6) is 11.5 Å². The molecule has 1 aromatic carbocycles. The molecule has 6 heteroatoms. The molecule has 2 rings (SSSR count). The number of benzene rings is 1.